The van der Waals surface area contributed by atoms with Gasteiger partial charge in [0.2, 0.25) is 0 Å². The highest BCUT2D eigenvalue weighted by molar-refractivity contribution is 6.32. The molecule has 0 bridgehead atoms. The second kappa shape index (κ2) is 9.77. The molecule has 0 atom stereocenters. The van der Waals surface area contributed by atoms with Crippen molar-refractivity contribution in [3.63, 3.8) is 0 Å². The van der Waals surface area contributed by atoms with Gasteiger partial charge in [0.15, 0.2) is 17.5 Å². The lowest BCUT2D eigenvalue weighted by molar-refractivity contribution is 0.669. The van der Waals surface area contributed by atoms with Crippen LogP contribution in [0.2, 0.25) is 0 Å². The summed E-state index contributed by atoms with van der Waals surface area (Å²) in [4.78, 5) is 15.4. The minimum absolute atomic E-state index is 0.600. The van der Waals surface area contributed by atoms with Crippen LogP contribution in [0.3, 0.4) is 0 Å². The quantitative estimate of drug-likeness (QED) is 0.191. The molecule has 0 aliphatic carbocycles. The Balaban J connectivity index is 1.35. The molecule has 236 valence electrons. The van der Waals surface area contributed by atoms with Crippen molar-refractivity contribution in [1.82, 2.24) is 23.8 Å². The zero-order chi connectivity index (χ0) is 33.2. The van der Waals surface area contributed by atoms with Crippen LogP contribution < -0.4 is 0 Å². The summed E-state index contributed by atoms with van der Waals surface area (Å²) in [5, 5.41) is 6.81. The zero-order valence-electron chi connectivity index (χ0n) is 27.1. The maximum Gasteiger partial charge on any atom is 0.164 e. The van der Waals surface area contributed by atoms with E-state index in [-0.39, 0.29) is 0 Å². The highest BCUT2D eigenvalue weighted by Gasteiger charge is 2.26. The fraction of sp³-hybridized carbons (Fsp3) is 0. The molecule has 0 spiro atoms. The van der Waals surface area contributed by atoms with Gasteiger partial charge in [-0.05, 0) is 36.4 Å². The largest absolute Gasteiger partial charge is 0.456 e. The zero-order valence-corrected chi connectivity index (χ0v) is 27.1. The molecular formula is C45H25N5O. The molecule has 0 aliphatic rings. The number of fused-ring (bicyclic) bond motifs is 8. The summed E-state index contributed by atoms with van der Waals surface area (Å²) in [6.07, 6.45) is 0. The normalized spacial score (nSPS) is 12.3. The van der Waals surface area contributed by atoms with Crippen molar-refractivity contribution < 1.29 is 4.42 Å². The van der Waals surface area contributed by atoms with E-state index < -0.39 is 0 Å². The van der Waals surface area contributed by atoms with Crippen LogP contribution in [-0.2, 0) is 0 Å². The Hall–Kier alpha value is -7.05. The van der Waals surface area contributed by atoms with Gasteiger partial charge in [-0.25, -0.2) is 15.0 Å². The van der Waals surface area contributed by atoms with Crippen molar-refractivity contribution in [1.29, 1.82) is 0 Å². The third kappa shape index (κ3) is 3.52. The van der Waals surface area contributed by atoms with Crippen LogP contribution in [0.1, 0.15) is 0 Å². The number of hydrogen-bond acceptors (Lipinski definition) is 4. The van der Waals surface area contributed by atoms with Crippen LogP contribution in [0.4, 0.5) is 0 Å². The minimum Gasteiger partial charge on any atom is -0.456 e. The number of para-hydroxylation sites is 3. The number of furan rings is 1. The summed E-state index contributed by atoms with van der Waals surface area (Å²) >= 11 is 0. The van der Waals surface area contributed by atoms with Crippen LogP contribution in [0, 0.1) is 0 Å². The fourth-order valence-corrected chi connectivity index (χ4v) is 8.41. The topological polar surface area (TPSA) is 60.6 Å². The van der Waals surface area contributed by atoms with Crippen molar-refractivity contribution >= 4 is 76.6 Å². The Bertz CT molecular complexity index is 3300. The predicted molar refractivity (Wildman–Crippen MR) is 207 cm³/mol. The number of hydrogen-bond donors (Lipinski definition) is 0. The van der Waals surface area contributed by atoms with Crippen LogP contribution in [0.5, 0.6) is 0 Å². The van der Waals surface area contributed by atoms with Crippen molar-refractivity contribution in [3.8, 4) is 34.2 Å². The maximum absolute atomic E-state index is 6.86. The van der Waals surface area contributed by atoms with Crippen LogP contribution in [-0.4, -0.2) is 23.8 Å². The van der Waals surface area contributed by atoms with Crippen molar-refractivity contribution in [2.24, 2.45) is 0 Å². The first kappa shape index (κ1) is 26.9. The third-order valence-electron chi connectivity index (χ3n) is 10.5. The summed E-state index contributed by atoms with van der Waals surface area (Å²) in [5.74, 6) is 1.85. The number of rotatable bonds is 3. The van der Waals surface area contributed by atoms with E-state index in [0.717, 1.165) is 77.0 Å². The van der Waals surface area contributed by atoms with E-state index in [1.807, 2.05) is 60.7 Å². The maximum atomic E-state index is 6.86. The van der Waals surface area contributed by atoms with Crippen LogP contribution in [0.25, 0.3) is 111 Å². The van der Waals surface area contributed by atoms with Crippen molar-refractivity contribution in [3.05, 3.63) is 152 Å². The molecule has 12 rings (SSSR count). The lowest BCUT2D eigenvalue weighted by Gasteiger charge is -2.11. The SMILES string of the molecule is c1ccc(-c2nc(-c3ccccc3)nc(-c3cc4oc5cccc6c5c4c4c3c3ccccc3n4c3cccc4c5ccccc5n6c43)n2)cc1. The Kier molecular flexibility index (Phi) is 5.14. The Morgan fingerprint density at radius 2 is 0.922 bits per heavy atom. The van der Waals surface area contributed by atoms with Gasteiger partial charge in [0, 0.05) is 38.2 Å². The second-order valence-electron chi connectivity index (χ2n) is 13.2. The molecule has 0 aliphatic heterocycles. The van der Waals surface area contributed by atoms with Gasteiger partial charge < -0.3 is 13.2 Å². The molecular weight excluding hydrogens is 627 g/mol. The summed E-state index contributed by atoms with van der Waals surface area (Å²) < 4.78 is 11.7. The van der Waals surface area contributed by atoms with Crippen molar-refractivity contribution in [2.75, 3.05) is 0 Å². The van der Waals surface area contributed by atoms with E-state index in [2.05, 4.69) is 99.8 Å². The van der Waals surface area contributed by atoms with Crippen LogP contribution in [0.15, 0.2) is 156 Å². The molecule has 0 saturated carbocycles. The molecule has 0 unspecified atom stereocenters. The van der Waals surface area contributed by atoms with E-state index >= 15 is 0 Å². The molecule has 0 fully saturated rings. The van der Waals surface area contributed by atoms with Gasteiger partial charge in [-0.2, -0.15) is 0 Å². The highest BCUT2D eigenvalue weighted by Crippen LogP contribution is 2.47. The lowest BCUT2D eigenvalue weighted by Crippen LogP contribution is -2.00. The molecule has 5 aromatic heterocycles. The molecule has 51 heavy (non-hydrogen) atoms. The predicted octanol–water partition coefficient (Wildman–Crippen LogP) is 11.3. The van der Waals surface area contributed by atoms with Crippen LogP contribution >= 0.6 is 0 Å². The van der Waals surface area contributed by atoms with Crippen molar-refractivity contribution in [2.45, 2.75) is 0 Å². The number of benzene rings is 7. The molecule has 6 heteroatoms. The molecule has 12 aromatic rings. The molecule has 0 amide bonds. The average molecular weight is 652 g/mol. The summed E-state index contributed by atoms with van der Waals surface area (Å²) in [7, 11) is 0. The van der Waals surface area contributed by atoms with Gasteiger partial charge in [-0.1, -0.05) is 115 Å². The minimum atomic E-state index is 0.600. The van der Waals surface area contributed by atoms with E-state index in [4.69, 9.17) is 19.4 Å². The lowest BCUT2D eigenvalue weighted by atomic mass is 10.0. The highest BCUT2D eigenvalue weighted by atomic mass is 16.3. The van der Waals surface area contributed by atoms with E-state index in [1.165, 1.54) is 16.3 Å². The summed E-state index contributed by atoms with van der Waals surface area (Å²) in [5.41, 5.74) is 11.1. The monoisotopic (exact) mass is 651 g/mol. The van der Waals surface area contributed by atoms with Gasteiger partial charge >= 0.3 is 0 Å². The smallest absolute Gasteiger partial charge is 0.164 e. The summed E-state index contributed by atoms with van der Waals surface area (Å²) in [6, 6.07) is 52.9. The van der Waals surface area contributed by atoms with E-state index in [1.54, 1.807) is 0 Å². The first-order valence-electron chi connectivity index (χ1n) is 17.1. The third-order valence-corrected chi connectivity index (χ3v) is 10.5. The summed E-state index contributed by atoms with van der Waals surface area (Å²) in [6.45, 7) is 0. The standard InChI is InChI=1S/C45H25N5O/c1-3-13-26(14-4-1)43-46-44(27-15-5-2-6-16-27)48-45(47-43)31-25-37-40-39-34(22-12-24-36(39)51-37)49-32-20-9-7-17-28(32)29-19-11-23-35(41(29)49)50-33-21-10-8-18-30(33)38(31)42(40)50/h1-25H. The Morgan fingerprint density at radius 1 is 0.373 bits per heavy atom. The van der Waals surface area contributed by atoms with Gasteiger partial charge in [0.1, 0.15) is 11.2 Å². The average Bonchev–Trinajstić information content (AvgIpc) is 3.85. The molecule has 0 saturated heterocycles. The molecule has 7 aromatic carbocycles. The van der Waals surface area contributed by atoms with Gasteiger partial charge in [-0.3, -0.25) is 0 Å². The second-order valence-corrected chi connectivity index (χ2v) is 13.2. The van der Waals surface area contributed by atoms with E-state index in [9.17, 15) is 0 Å². The fourth-order valence-electron chi connectivity index (χ4n) is 8.41. The number of nitrogens with zero attached hydrogens (tertiary/aromatic N) is 5. The molecule has 0 N–H and O–H groups in total. The molecule has 6 nitrogen and oxygen atoms in total. The molecule has 0 radical (unpaired) electrons. The first-order chi connectivity index (χ1) is 25.3. The first-order valence-corrected chi connectivity index (χ1v) is 17.1. The van der Waals surface area contributed by atoms with Gasteiger partial charge in [0.05, 0.1) is 43.9 Å². The van der Waals surface area contributed by atoms with Gasteiger partial charge in [-0.15, -0.1) is 0 Å². The Morgan fingerprint density at radius 3 is 1.67 bits per heavy atom. The Labute approximate surface area is 289 Å². The molecule has 5 heterocycles. The van der Waals surface area contributed by atoms with E-state index in [0.29, 0.717) is 17.5 Å². The number of aromatic nitrogens is 5. The van der Waals surface area contributed by atoms with Gasteiger partial charge in [0.25, 0.3) is 0 Å².